The summed E-state index contributed by atoms with van der Waals surface area (Å²) in [6, 6.07) is 14.1. The first kappa shape index (κ1) is 21.9. The second kappa shape index (κ2) is 9.47. The van der Waals surface area contributed by atoms with Gasteiger partial charge in [0.2, 0.25) is 0 Å². The Morgan fingerprint density at radius 2 is 1.82 bits per heavy atom. The van der Waals surface area contributed by atoms with Crippen LogP contribution in [0.25, 0.3) is 11.0 Å². The third-order valence-corrected chi connectivity index (χ3v) is 5.27. The number of hydrogen-bond donors (Lipinski definition) is 2. The first-order valence-electron chi connectivity index (χ1n) is 10.6. The van der Waals surface area contributed by atoms with Crippen molar-refractivity contribution in [2.45, 2.75) is 33.0 Å². The fourth-order valence-electron chi connectivity index (χ4n) is 3.56. The van der Waals surface area contributed by atoms with E-state index >= 15 is 0 Å². The lowest BCUT2D eigenvalue weighted by Gasteiger charge is -2.10. The van der Waals surface area contributed by atoms with Crippen LogP contribution in [0.1, 0.15) is 34.8 Å². The third-order valence-electron chi connectivity index (χ3n) is 5.27. The van der Waals surface area contributed by atoms with Crippen LogP contribution in [-0.4, -0.2) is 25.0 Å². The van der Waals surface area contributed by atoms with Gasteiger partial charge < -0.3 is 9.88 Å². The van der Waals surface area contributed by atoms with Gasteiger partial charge in [-0.05, 0) is 29.7 Å². The zero-order chi connectivity index (χ0) is 23.4. The Morgan fingerprint density at radius 1 is 1.06 bits per heavy atom. The van der Waals surface area contributed by atoms with E-state index in [4.69, 9.17) is 0 Å². The molecule has 1 amide bonds. The SMILES string of the molecule is CCCn1c(=O)[nH]c(=O)c2cc(C(=O)NCc3ccc(Cn4ccccc4=O)cc3)cnc21. The number of aromatic amines is 1. The van der Waals surface area contributed by atoms with E-state index in [1.807, 2.05) is 37.3 Å². The number of nitrogens with one attached hydrogen (secondary N) is 2. The second-order valence-corrected chi connectivity index (χ2v) is 7.67. The summed E-state index contributed by atoms with van der Waals surface area (Å²) in [6.07, 6.45) is 3.80. The minimum absolute atomic E-state index is 0.0663. The smallest absolute Gasteiger partial charge is 0.329 e. The van der Waals surface area contributed by atoms with Gasteiger partial charge in [0.25, 0.3) is 17.0 Å². The molecule has 3 aromatic heterocycles. The van der Waals surface area contributed by atoms with Gasteiger partial charge in [0.1, 0.15) is 5.65 Å². The molecule has 0 fully saturated rings. The molecule has 0 atom stereocenters. The fourth-order valence-corrected chi connectivity index (χ4v) is 3.56. The van der Waals surface area contributed by atoms with Gasteiger partial charge in [-0.1, -0.05) is 37.3 Å². The molecule has 4 aromatic rings. The molecule has 0 aliphatic heterocycles. The van der Waals surface area contributed by atoms with Crippen LogP contribution in [0, 0.1) is 0 Å². The molecular formula is C24H23N5O4. The number of hydrogen-bond acceptors (Lipinski definition) is 5. The number of aryl methyl sites for hydroxylation is 1. The second-order valence-electron chi connectivity index (χ2n) is 7.67. The average Bonchev–Trinajstić information content (AvgIpc) is 2.82. The van der Waals surface area contributed by atoms with Crippen molar-refractivity contribution in [1.29, 1.82) is 0 Å². The minimum atomic E-state index is -0.572. The molecule has 0 aliphatic carbocycles. The van der Waals surface area contributed by atoms with E-state index in [2.05, 4.69) is 15.3 Å². The molecule has 33 heavy (non-hydrogen) atoms. The summed E-state index contributed by atoms with van der Waals surface area (Å²) >= 11 is 0. The van der Waals surface area contributed by atoms with Gasteiger partial charge in [0.05, 0.1) is 17.5 Å². The monoisotopic (exact) mass is 445 g/mol. The predicted octanol–water partition coefficient (Wildman–Crippen LogP) is 1.63. The Bertz CT molecular complexity index is 1480. The molecule has 0 unspecified atom stereocenters. The topological polar surface area (TPSA) is 119 Å². The lowest BCUT2D eigenvalue weighted by molar-refractivity contribution is 0.0950. The molecule has 0 saturated heterocycles. The lowest BCUT2D eigenvalue weighted by Crippen LogP contribution is -2.31. The number of carbonyl (C=O) groups is 1. The molecule has 0 radical (unpaired) electrons. The van der Waals surface area contributed by atoms with E-state index in [-0.39, 0.29) is 34.6 Å². The van der Waals surface area contributed by atoms with Gasteiger partial charge in [-0.2, -0.15) is 0 Å². The van der Waals surface area contributed by atoms with Crippen LogP contribution in [0.2, 0.25) is 0 Å². The largest absolute Gasteiger partial charge is 0.348 e. The predicted molar refractivity (Wildman–Crippen MR) is 124 cm³/mol. The van der Waals surface area contributed by atoms with Crippen LogP contribution >= 0.6 is 0 Å². The number of H-pyrrole nitrogens is 1. The summed E-state index contributed by atoms with van der Waals surface area (Å²) in [6.45, 7) is 3.08. The van der Waals surface area contributed by atoms with Gasteiger partial charge in [0.15, 0.2) is 0 Å². The average molecular weight is 445 g/mol. The molecule has 0 saturated carbocycles. The van der Waals surface area contributed by atoms with Crippen molar-refractivity contribution in [2.24, 2.45) is 0 Å². The van der Waals surface area contributed by atoms with Gasteiger partial charge in [-0.25, -0.2) is 9.78 Å². The van der Waals surface area contributed by atoms with Crippen molar-refractivity contribution in [3.8, 4) is 0 Å². The van der Waals surface area contributed by atoms with E-state index in [9.17, 15) is 19.2 Å². The molecule has 9 heteroatoms. The van der Waals surface area contributed by atoms with Crippen LogP contribution in [0.5, 0.6) is 0 Å². The molecule has 0 aliphatic rings. The van der Waals surface area contributed by atoms with E-state index in [1.54, 1.807) is 16.8 Å². The molecule has 168 valence electrons. The molecule has 4 rings (SSSR count). The lowest BCUT2D eigenvalue weighted by atomic mass is 10.1. The highest BCUT2D eigenvalue weighted by Gasteiger charge is 2.13. The van der Waals surface area contributed by atoms with E-state index in [0.717, 1.165) is 11.1 Å². The van der Waals surface area contributed by atoms with Crippen LogP contribution < -0.4 is 22.1 Å². The highest BCUT2D eigenvalue weighted by molar-refractivity contribution is 5.96. The molecule has 0 bridgehead atoms. The molecular weight excluding hydrogens is 422 g/mol. The number of pyridine rings is 2. The van der Waals surface area contributed by atoms with Gasteiger partial charge in [-0.15, -0.1) is 0 Å². The summed E-state index contributed by atoms with van der Waals surface area (Å²) in [7, 11) is 0. The van der Waals surface area contributed by atoms with E-state index in [0.29, 0.717) is 19.5 Å². The van der Waals surface area contributed by atoms with Gasteiger partial charge in [0, 0.05) is 31.5 Å². The Labute approximate surface area is 188 Å². The molecule has 9 nitrogen and oxygen atoms in total. The number of amides is 1. The summed E-state index contributed by atoms with van der Waals surface area (Å²) in [5.41, 5.74) is 1.19. The number of fused-ring (bicyclic) bond motifs is 1. The van der Waals surface area contributed by atoms with Crippen molar-refractivity contribution >= 4 is 16.9 Å². The maximum Gasteiger partial charge on any atom is 0.329 e. The third kappa shape index (κ3) is 4.82. The Balaban J connectivity index is 1.46. The van der Waals surface area contributed by atoms with Crippen LogP contribution in [0.15, 0.2) is 75.3 Å². The van der Waals surface area contributed by atoms with Crippen molar-refractivity contribution in [3.05, 3.63) is 109 Å². The first-order chi connectivity index (χ1) is 16.0. The van der Waals surface area contributed by atoms with Crippen molar-refractivity contribution in [3.63, 3.8) is 0 Å². The molecule has 1 aromatic carbocycles. The van der Waals surface area contributed by atoms with Crippen LogP contribution in [0.4, 0.5) is 0 Å². The Kier molecular flexibility index (Phi) is 6.30. The quantitative estimate of drug-likeness (QED) is 0.448. The normalized spacial score (nSPS) is 10.9. The number of aromatic nitrogens is 4. The number of rotatable bonds is 7. The van der Waals surface area contributed by atoms with Crippen molar-refractivity contribution in [2.75, 3.05) is 0 Å². The zero-order valence-corrected chi connectivity index (χ0v) is 18.1. The molecule has 2 N–H and O–H groups in total. The van der Waals surface area contributed by atoms with Crippen molar-refractivity contribution < 1.29 is 4.79 Å². The van der Waals surface area contributed by atoms with Gasteiger partial charge in [-0.3, -0.25) is 23.9 Å². The van der Waals surface area contributed by atoms with Gasteiger partial charge >= 0.3 is 5.69 Å². The summed E-state index contributed by atoms with van der Waals surface area (Å²) in [5, 5.41) is 3.00. The van der Waals surface area contributed by atoms with Crippen LogP contribution in [0.3, 0.4) is 0 Å². The standard InChI is InChI=1S/C24H23N5O4/c1-2-10-29-21-19(23(32)27-24(29)33)12-18(14-25-21)22(31)26-13-16-6-8-17(9-7-16)15-28-11-4-3-5-20(28)30/h3-9,11-12,14H,2,10,13,15H2,1H3,(H,26,31)(H,27,32,33). The maximum absolute atomic E-state index is 12.6. The first-order valence-corrected chi connectivity index (χ1v) is 10.6. The minimum Gasteiger partial charge on any atom is -0.348 e. The molecule has 0 spiro atoms. The van der Waals surface area contributed by atoms with E-state index < -0.39 is 11.2 Å². The maximum atomic E-state index is 12.6. The number of benzene rings is 1. The summed E-state index contributed by atoms with van der Waals surface area (Å²) in [5.74, 6) is -0.378. The highest BCUT2D eigenvalue weighted by atomic mass is 16.2. The Hall–Kier alpha value is -4.27. The van der Waals surface area contributed by atoms with Crippen molar-refractivity contribution in [1.82, 2.24) is 24.4 Å². The fraction of sp³-hybridized carbons (Fsp3) is 0.208. The number of nitrogens with zero attached hydrogens (tertiary/aromatic N) is 3. The highest BCUT2D eigenvalue weighted by Crippen LogP contribution is 2.10. The summed E-state index contributed by atoms with van der Waals surface area (Å²) in [4.78, 5) is 55.2. The van der Waals surface area contributed by atoms with Crippen LogP contribution in [-0.2, 0) is 19.6 Å². The number of carbonyl (C=O) groups excluding carboxylic acids is 1. The zero-order valence-electron chi connectivity index (χ0n) is 18.1. The van der Waals surface area contributed by atoms with E-state index in [1.165, 1.54) is 22.9 Å². The molecule has 3 heterocycles. The Morgan fingerprint density at radius 3 is 2.55 bits per heavy atom. The summed E-state index contributed by atoms with van der Waals surface area (Å²) < 4.78 is 3.01.